The van der Waals surface area contributed by atoms with Crippen molar-refractivity contribution in [2.75, 3.05) is 12.1 Å². The highest BCUT2D eigenvalue weighted by Crippen LogP contribution is 2.32. The third-order valence-electron chi connectivity index (χ3n) is 4.54. The SMILES string of the molecule is O=C(Nc1ccccc1C(=O)NN=Cc1ccc2c(c1)OCO2)c1ccc([N+](=O)[O-])cc1. The van der Waals surface area contributed by atoms with Gasteiger partial charge in [-0.2, -0.15) is 5.10 Å². The third-order valence-corrected chi connectivity index (χ3v) is 4.54. The average molecular weight is 432 g/mol. The van der Waals surface area contributed by atoms with Gasteiger partial charge in [-0.3, -0.25) is 19.7 Å². The first-order chi connectivity index (χ1) is 15.5. The number of hydrogen-bond acceptors (Lipinski definition) is 7. The summed E-state index contributed by atoms with van der Waals surface area (Å²) in [6.45, 7) is 0.162. The van der Waals surface area contributed by atoms with E-state index in [9.17, 15) is 19.7 Å². The molecule has 32 heavy (non-hydrogen) atoms. The van der Waals surface area contributed by atoms with Crippen LogP contribution in [0.5, 0.6) is 11.5 Å². The Morgan fingerprint density at radius 2 is 1.72 bits per heavy atom. The number of nitro groups is 1. The predicted molar refractivity (Wildman–Crippen MR) is 115 cm³/mol. The summed E-state index contributed by atoms with van der Waals surface area (Å²) < 4.78 is 10.5. The zero-order valence-corrected chi connectivity index (χ0v) is 16.5. The number of para-hydroxylation sites is 1. The molecule has 2 N–H and O–H groups in total. The summed E-state index contributed by atoms with van der Waals surface area (Å²) in [5.74, 6) is 0.203. The largest absolute Gasteiger partial charge is 0.454 e. The van der Waals surface area contributed by atoms with Crippen molar-refractivity contribution in [1.29, 1.82) is 0 Å². The van der Waals surface area contributed by atoms with Crippen molar-refractivity contribution in [2.24, 2.45) is 5.10 Å². The van der Waals surface area contributed by atoms with Gasteiger partial charge in [0.05, 0.1) is 22.4 Å². The molecule has 0 radical (unpaired) electrons. The van der Waals surface area contributed by atoms with Crippen LogP contribution in [-0.2, 0) is 0 Å². The molecular formula is C22H16N4O6. The number of nitro benzene ring substituents is 1. The molecule has 1 aliphatic rings. The Kier molecular flexibility index (Phi) is 5.75. The highest BCUT2D eigenvalue weighted by Gasteiger charge is 2.15. The number of hydrogen-bond donors (Lipinski definition) is 2. The summed E-state index contributed by atoms with van der Waals surface area (Å²) in [5.41, 5.74) is 3.68. The topological polar surface area (TPSA) is 132 Å². The summed E-state index contributed by atoms with van der Waals surface area (Å²) >= 11 is 0. The van der Waals surface area contributed by atoms with E-state index in [2.05, 4.69) is 15.8 Å². The van der Waals surface area contributed by atoms with Gasteiger partial charge in [0.15, 0.2) is 11.5 Å². The monoisotopic (exact) mass is 432 g/mol. The van der Waals surface area contributed by atoms with Crippen LogP contribution < -0.4 is 20.2 Å². The molecule has 0 aliphatic carbocycles. The van der Waals surface area contributed by atoms with Crippen LogP contribution in [0.25, 0.3) is 0 Å². The standard InChI is InChI=1S/C22H16N4O6/c27-21(15-6-8-16(9-7-15)26(29)30)24-18-4-2-1-3-17(18)22(28)25-23-12-14-5-10-19-20(11-14)32-13-31-19/h1-12H,13H2,(H,24,27)(H,25,28). The number of fused-ring (bicyclic) bond motifs is 1. The number of non-ortho nitro benzene ring substituents is 1. The van der Waals surface area contributed by atoms with Crippen molar-refractivity contribution < 1.29 is 24.0 Å². The van der Waals surface area contributed by atoms with Crippen LogP contribution in [0, 0.1) is 10.1 Å². The molecule has 1 aliphatic heterocycles. The molecule has 0 spiro atoms. The van der Waals surface area contributed by atoms with Gasteiger partial charge in [0.25, 0.3) is 17.5 Å². The quantitative estimate of drug-likeness (QED) is 0.349. The van der Waals surface area contributed by atoms with Crippen LogP contribution in [0.2, 0.25) is 0 Å². The van der Waals surface area contributed by atoms with Gasteiger partial charge in [0.1, 0.15) is 0 Å². The van der Waals surface area contributed by atoms with Crippen molar-refractivity contribution in [3.63, 3.8) is 0 Å². The second kappa shape index (κ2) is 8.96. The van der Waals surface area contributed by atoms with Gasteiger partial charge in [0.2, 0.25) is 6.79 Å². The fourth-order valence-electron chi connectivity index (χ4n) is 2.94. The maximum Gasteiger partial charge on any atom is 0.273 e. The van der Waals surface area contributed by atoms with Crippen molar-refractivity contribution in [1.82, 2.24) is 5.43 Å². The minimum absolute atomic E-state index is 0.123. The number of rotatable bonds is 6. The molecule has 0 unspecified atom stereocenters. The van der Waals surface area contributed by atoms with Crippen molar-refractivity contribution in [3.05, 3.63) is 93.5 Å². The van der Waals surface area contributed by atoms with Crippen molar-refractivity contribution in [2.45, 2.75) is 0 Å². The van der Waals surface area contributed by atoms with Gasteiger partial charge in [-0.1, -0.05) is 12.1 Å². The van der Waals surface area contributed by atoms with Gasteiger partial charge in [-0.15, -0.1) is 0 Å². The van der Waals surface area contributed by atoms with E-state index < -0.39 is 16.7 Å². The van der Waals surface area contributed by atoms with E-state index in [1.54, 1.807) is 36.4 Å². The number of anilines is 1. The summed E-state index contributed by atoms with van der Waals surface area (Å²) in [7, 11) is 0. The summed E-state index contributed by atoms with van der Waals surface area (Å²) in [5, 5.41) is 17.3. The molecule has 0 fully saturated rings. The first-order valence-electron chi connectivity index (χ1n) is 9.39. The van der Waals surface area contributed by atoms with Crippen LogP contribution in [0.3, 0.4) is 0 Å². The van der Waals surface area contributed by atoms with E-state index in [1.165, 1.54) is 36.5 Å². The molecule has 1 heterocycles. The highest BCUT2D eigenvalue weighted by atomic mass is 16.7. The lowest BCUT2D eigenvalue weighted by atomic mass is 10.1. The smallest absolute Gasteiger partial charge is 0.273 e. The van der Waals surface area contributed by atoms with Crippen molar-refractivity contribution >= 4 is 29.4 Å². The zero-order chi connectivity index (χ0) is 22.5. The molecule has 0 atom stereocenters. The maximum absolute atomic E-state index is 12.6. The normalized spacial score (nSPS) is 11.9. The molecule has 0 saturated carbocycles. The van der Waals surface area contributed by atoms with Crippen molar-refractivity contribution in [3.8, 4) is 11.5 Å². The minimum atomic E-state index is -0.550. The van der Waals surface area contributed by atoms with Crippen LogP contribution in [-0.4, -0.2) is 29.7 Å². The molecule has 0 bridgehead atoms. The Morgan fingerprint density at radius 3 is 2.50 bits per heavy atom. The fraction of sp³-hybridized carbons (Fsp3) is 0.0455. The number of benzene rings is 3. The molecule has 160 valence electrons. The summed E-state index contributed by atoms with van der Waals surface area (Å²) in [6, 6.07) is 16.8. The summed E-state index contributed by atoms with van der Waals surface area (Å²) in [6.07, 6.45) is 1.46. The average Bonchev–Trinajstić information content (AvgIpc) is 3.27. The Morgan fingerprint density at radius 1 is 0.969 bits per heavy atom. The molecule has 0 saturated heterocycles. The lowest BCUT2D eigenvalue weighted by Gasteiger charge is -2.10. The Balaban J connectivity index is 1.43. The first-order valence-corrected chi connectivity index (χ1v) is 9.39. The number of hydrazone groups is 1. The second-order valence-electron chi connectivity index (χ2n) is 6.62. The van der Waals surface area contributed by atoms with E-state index >= 15 is 0 Å². The number of ether oxygens (including phenoxy) is 2. The maximum atomic E-state index is 12.6. The van der Waals surface area contributed by atoms with Gasteiger partial charge in [-0.05, 0) is 48.0 Å². The molecule has 10 nitrogen and oxygen atoms in total. The third kappa shape index (κ3) is 4.54. The molecule has 4 rings (SSSR count). The number of nitrogens with one attached hydrogen (secondary N) is 2. The van der Waals surface area contributed by atoms with Gasteiger partial charge >= 0.3 is 0 Å². The molecule has 0 aromatic heterocycles. The van der Waals surface area contributed by atoms with Crippen LogP contribution in [0.1, 0.15) is 26.3 Å². The predicted octanol–water partition coefficient (Wildman–Crippen LogP) is 3.34. The van der Waals surface area contributed by atoms with Crippen LogP contribution in [0.4, 0.5) is 11.4 Å². The number of nitrogens with zero attached hydrogens (tertiary/aromatic N) is 2. The molecule has 10 heteroatoms. The molecule has 3 aromatic rings. The number of carbonyl (C=O) groups is 2. The number of amides is 2. The van der Waals surface area contributed by atoms with Gasteiger partial charge in [0, 0.05) is 17.7 Å². The van der Waals surface area contributed by atoms with Crippen LogP contribution >= 0.6 is 0 Å². The first kappa shape index (κ1) is 20.5. The van der Waals surface area contributed by atoms with E-state index in [0.717, 1.165) is 0 Å². The molecular weight excluding hydrogens is 416 g/mol. The van der Waals surface area contributed by atoms with Gasteiger partial charge < -0.3 is 14.8 Å². The number of carbonyl (C=O) groups excluding carboxylic acids is 2. The van der Waals surface area contributed by atoms with E-state index in [0.29, 0.717) is 17.1 Å². The highest BCUT2D eigenvalue weighted by molar-refractivity contribution is 6.09. The summed E-state index contributed by atoms with van der Waals surface area (Å²) in [4.78, 5) is 35.3. The molecule has 3 aromatic carbocycles. The van der Waals surface area contributed by atoms with Gasteiger partial charge in [-0.25, -0.2) is 5.43 Å². The fourth-order valence-corrected chi connectivity index (χ4v) is 2.94. The second-order valence-corrected chi connectivity index (χ2v) is 6.62. The Bertz CT molecular complexity index is 1220. The van der Waals surface area contributed by atoms with E-state index in [-0.39, 0.29) is 29.3 Å². The van der Waals surface area contributed by atoms with Crippen LogP contribution in [0.15, 0.2) is 71.8 Å². The molecule has 2 amide bonds. The lowest BCUT2D eigenvalue weighted by molar-refractivity contribution is -0.384. The van der Waals surface area contributed by atoms with E-state index in [4.69, 9.17) is 9.47 Å². The lowest BCUT2D eigenvalue weighted by Crippen LogP contribution is -2.21. The Labute approximate surface area is 181 Å². The zero-order valence-electron chi connectivity index (χ0n) is 16.5. The minimum Gasteiger partial charge on any atom is -0.454 e. The van der Waals surface area contributed by atoms with E-state index in [1.807, 2.05) is 0 Å². The Hall–Kier alpha value is -4.73.